The number of aromatic carboxylic acids is 1. The minimum absolute atomic E-state index is 0. The second-order valence-corrected chi connectivity index (χ2v) is 9.37. The van der Waals surface area contributed by atoms with Gasteiger partial charge < -0.3 is 10.2 Å². The average Bonchev–Trinajstić information content (AvgIpc) is 2.75. The third-order valence-corrected chi connectivity index (χ3v) is 6.03. The van der Waals surface area contributed by atoms with Gasteiger partial charge >= 0.3 is 5.97 Å². The van der Waals surface area contributed by atoms with Crippen LogP contribution >= 0.6 is 0 Å². The monoisotopic (exact) mass is 480 g/mol. The summed E-state index contributed by atoms with van der Waals surface area (Å²) in [5, 5.41) is 20.4. The normalized spacial score (nSPS) is 13.1. The summed E-state index contributed by atoms with van der Waals surface area (Å²) in [5.41, 5.74) is 3.67. The van der Waals surface area contributed by atoms with Gasteiger partial charge in [-0.2, -0.15) is 0 Å². The first-order valence-corrected chi connectivity index (χ1v) is 10.9. The Balaban J connectivity index is 0.00000363. The van der Waals surface area contributed by atoms with Crippen LogP contribution in [-0.4, -0.2) is 16.2 Å². The summed E-state index contributed by atoms with van der Waals surface area (Å²) in [6, 6.07) is 24.3. The molecular formula is C28H32O3Zn. The van der Waals surface area contributed by atoms with Crippen LogP contribution in [0.2, 0.25) is 0 Å². The fraction of sp³-hybridized carbons (Fsp3) is 0.321. The second kappa shape index (κ2) is 10.9. The van der Waals surface area contributed by atoms with Gasteiger partial charge in [-0.05, 0) is 46.9 Å². The fourth-order valence-corrected chi connectivity index (χ4v) is 4.17. The molecule has 32 heavy (non-hydrogen) atoms. The van der Waals surface area contributed by atoms with Gasteiger partial charge in [-0.25, -0.2) is 4.79 Å². The Hall–Kier alpha value is -2.45. The van der Waals surface area contributed by atoms with Crippen LogP contribution in [0.3, 0.4) is 0 Å². The number of benzene rings is 3. The topological polar surface area (TPSA) is 57.5 Å². The molecule has 0 radical (unpaired) electrons. The van der Waals surface area contributed by atoms with Crippen LogP contribution in [0.5, 0.6) is 5.75 Å². The molecule has 0 aliphatic heterocycles. The Morgan fingerprint density at radius 2 is 1.38 bits per heavy atom. The minimum Gasteiger partial charge on any atom is -0.507 e. The summed E-state index contributed by atoms with van der Waals surface area (Å²) in [7, 11) is 0. The molecule has 164 valence electrons. The van der Waals surface area contributed by atoms with Gasteiger partial charge in [-0.15, -0.1) is 0 Å². The maximum atomic E-state index is 11.9. The van der Waals surface area contributed by atoms with E-state index in [1.807, 2.05) is 51.1 Å². The predicted molar refractivity (Wildman–Crippen MR) is 126 cm³/mol. The Bertz CT molecular complexity index is 1020. The molecule has 3 nitrogen and oxygen atoms in total. The molecule has 0 aromatic heterocycles. The second-order valence-electron chi connectivity index (χ2n) is 9.37. The van der Waals surface area contributed by atoms with E-state index in [1.165, 1.54) is 5.56 Å². The summed E-state index contributed by atoms with van der Waals surface area (Å²) < 4.78 is 0. The molecule has 0 spiro atoms. The molecule has 0 saturated heterocycles. The number of hydrogen-bond donors (Lipinski definition) is 2. The van der Waals surface area contributed by atoms with E-state index in [2.05, 4.69) is 43.3 Å². The van der Waals surface area contributed by atoms with Crippen LogP contribution in [0, 0.1) is 0 Å². The van der Waals surface area contributed by atoms with Crippen molar-refractivity contribution in [3.05, 3.63) is 101 Å². The number of rotatable bonds is 7. The van der Waals surface area contributed by atoms with Crippen LogP contribution in [0.1, 0.15) is 85.0 Å². The van der Waals surface area contributed by atoms with Crippen molar-refractivity contribution in [1.29, 1.82) is 0 Å². The van der Waals surface area contributed by atoms with Gasteiger partial charge in [-0.3, -0.25) is 0 Å². The molecule has 0 bridgehead atoms. The summed E-state index contributed by atoms with van der Waals surface area (Å²) in [6.45, 7) is 8.21. The van der Waals surface area contributed by atoms with Crippen LogP contribution in [-0.2, 0) is 24.9 Å². The number of carboxylic acids is 1. The largest absolute Gasteiger partial charge is 0.507 e. The van der Waals surface area contributed by atoms with E-state index >= 15 is 0 Å². The van der Waals surface area contributed by atoms with Gasteiger partial charge in [0.1, 0.15) is 11.3 Å². The summed E-state index contributed by atoms with van der Waals surface area (Å²) >= 11 is 0. The molecule has 0 aliphatic carbocycles. The number of phenols is 1. The van der Waals surface area contributed by atoms with Crippen molar-refractivity contribution < 1.29 is 34.5 Å². The zero-order valence-electron chi connectivity index (χ0n) is 19.5. The molecular weight excluding hydrogens is 450 g/mol. The van der Waals surface area contributed by atoms with Gasteiger partial charge in [0.25, 0.3) is 0 Å². The van der Waals surface area contributed by atoms with Gasteiger partial charge in [0.15, 0.2) is 0 Å². The molecule has 3 aromatic rings. The van der Waals surface area contributed by atoms with Gasteiger partial charge in [-0.1, -0.05) is 94.4 Å². The van der Waals surface area contributed by atoms with E-state index in [9.17, 15) is 15.0 Å². The molecule has 2 atom stereocenters. The van der Waals surface area contributed by atoms with Crippen molar-refractivity contribution in [3.8, 4) is 5.75 Å². The number of carbonyl (C=O) groups is 1. The zero-order valence-corrected chi connectivity index (χ0v) is 22.5. The van der Waals surface area contributed by atoms with Gasteiger partial charge in [0, 0.05) is 31.0 Å². The van der Waals surface area contributed by atoms with Crippen molar-refractivity contribution in [3.63, 3.8) is 0 Å². The zero-order chi connectivity index (χ0) is 22.6. The minimum atomic E-state index is -1.10. The van der Waals surface area contributed by atoms with Crippen molar-refractivity contribution in [1.82, 2.24) is 0 Å². The maximum Gasteiger partial charge on any atom is 0.339 e. The van der Waals surface area contributed by atoms with E-state index < -0.39 is 5.97 Å². The third kappa shape index (κ3) is 6.07. The first-order chi connectivity index (χ1) is 14.7. The quantitative estimate of drug-likeness (QED) is 0.354. The molecule has 4 heteroatoms. The van der Waals surface area contributed by atoms with Crippen LogP contribution < -0.4 is 0 Å². The molecule has 2 N–H and O–H groups in total. The molecule has 0 heterocycles. The Kier molecular flexibility index (Phi) is 8.81. The number of hydrogen-bond acceptors (Lipinski definition) is 2. The van der Waals surface area contributed by atoms with E-state index in [0.717, 1.165) is 24.0 Å². The Morgan fingerprint density at radius 1 is 0.844 bits per heavy atom. The SMILES string of the molecule is CC(CCC(c1ccccc1)c1cc(C(=O)O)c(O)c(C(C)(C)C)c1)c1ccccc1.[Zn]. The smallest absolute Gasteiger partial charge is 0.339 e. The van der Waals surface area contributed by atoms with Crippen LogP contribution in [0.25, 0.3) is 0 Å². The summed E-state index contributed by atoms with van der Waals surface area (Å²) in [5.74, 6) is -0.791. The standard InChI is InChI=1S/C28H32O3.Zn/c1-19(20-11-7-5-8-12-20)15-16-23(21-13-9-6-10-14-21)22-17-24(27(30)31)26(29)25(18-22)28(2,3)4;/h5-14,17-19,23,29H,15-16H2,1-4H3,(H,30,31);. The summed E-state index contributed by atoms with van der Waals surface area (Å²) in [4.78, 5) is 11.9. The molecule has 0 saturated carbocycles. The van der Waals surface area contributed by atoms with Crippen molar-refractivity contribution in [2.75, 3.05) is 0 Å². The van der Waals surface area contributed by atoms with E-state index in [0.29, 0.717) is 11.5 Å². The molecule has 3 rings (SSSR count). The average molecular weight is 482 g/mol. The Labute approximate surface area is 204 Å². The first kappa shape index (κ1) is 25.8. The molecule has 0 aliphatic rings. The fourth-order valence-electron chi connectivity index (χ4n) is 4.17. The number of carboxylic acid groups (broad SMARTS) is 1. The van der Waals surface area contributed by atoms with E-state index in [4.69, 9.17) is 0 Å². The van der Waals surface area contributed by atoms with E-state index in [1.54, 1.807) is 6.07 Å². The maximum absolute atomic E-state index is 11.9. The van der Waals surface area contributed by atoms with Crippen molar-refractivity contribution >= 4 is 5.97 Å². The molecule has 3 aromatic carbocycles. The van der Waals surface area contributed by atoms with Crippen LogP contribution in [0.4, 0.5) is 0 Å². The van der Waals surface area contributed by atoms with Gasteiger partial charge in [0.2, 0.25) is 0 Å². The van der Waals surface area contributed by atoms with Crippen molar-refractivity contribution in [2.24, 2.45) is 0 Å². The first-order valence-electron chi connectivity index (χ1n) is 10.9. The number of aromatic hydroxyl groups is 1. The van der Waals surface area contributed by atoms with E-state index in [-0.39, 0.29) is 42.1 Å². The molecule has 2 unspecified atom stereocenters. The molecule has 0 fully saturated rings. The molecule has 0 amide bonds. The van der Waals surface area contributed by atoms with Crippen molar-refractivity contribution in [2.45, 2.75) is 57.8 Å². The third-order valence-electron chi connectivity index (χ3n) is 6.03. The Morgan fingerprint density at radius 3 is 1.88 bits per heavy atom. The van der Waals surface area contributed by atoms with Crippen LogP contribution in [0.15, 0.2) is 72.8 Å². The van der Waals surface area contributed by atoms with Gasteiger partial charge in [0.05, 0.1) is 0 Å². The summed E-state index contributed by atoms with van der Waals surface area (Å²) in [6.07, 6.45) is 1.85. The predicted octanol–water partition coefficient (Wildman–Crippen LogP) is 7.10.